The van der Waals surface area contributed by atoms with Crippen LogP contribution in [0.25, 0.3) is 0 Å². The smallest absolute Gasteiger partial charge is 0.263 e. The van der Waals surface area contributed by atoms with E-state index in [1.165, 1.54) is 23.5 Å². The van der Waals surface area contributed by atoms with Gasteiger partial charge in [0.15, 0.2) is 0 Å². The van der Waals surface area contributed by atoms with E-state index in [0.29, 0.717) is 23.5 Å². The quantitative estimate of drug-likeness (QED) is 0.805. The molecule has 0 atom stereocenters. The summed E-state index contributed by atoms with van der Waals surface area (Å²) in [5, 5.41) is 3.92. The number of hydrogen-bond acceptors (Lipinski definition) is 4. The van der Waals surface area contributed by atoms with Gasteiger partial charge < -0.3 is 11.1 Å². The third-order valence-corrected chi connectivity index (χ3v) is 5.59. The zero-order chi connectivity index (χ0) is 17.7. The fourth-order valence-corrected chi connectivity index (χ4v) is 3.57. The number of nitrogens with one attached hydrogen (secondary N) is 1. The molecule has 0 fully saturated rings. The van der Waals surface area contributed by atoms with Crippen LogP contribution in [0.5, 0.6) is 0 Å². The third kappa shape index (κ3) is 4.19. The number of hydrogen-bond donors (Lipinski definition) is 2. The summed E-state index contributed by atoms with van der Waals surface area (Å²) in [7, 11) is 0. The Morgan fingerprint density at radius 3 is 2.46 bits per heavy atom. The topological polar surface area (TPSA) is 68.0 Å². The van der Waals surface area contributed by atoms with Crippen molar-refractivity contribution in [2.24, 2.45) is 5.73 Å². The molecular formula is C18H24FN3OS. The minimum atomic E-state index is -0.370. The van der Waals surface area contributed by atoms with E-state index >= 15 is 0 Å². The molecule has 0 saturated carbocycles. The number of rotatable bonds is 7. The van der Waals surface area contributed by atoms with Crippen molar-refractivity contribution in [3.8, 4) is 0 Å². The Labute approximate surface area is 146 Å². The maximum absolute atomic E-state index is 13.0. The average Bonchev–Trinajstić information content (AvgIpc) is 2.95. The molecule has 2 rings (SSSR count). The second kappa shape index (κ2) is 7.85. The lowest BCUT2D eigenvalue weighted by atomic mass is 9.93. The van der Waals surface area contributed by atoms with E-state index in [2.05, 4.69) is 10.3 Å². The summed E-state index contributed by atoms with van der Waals surface area (Å²) in [6.07, 6.45) is 2.15. The van der Waals surface area contributed by atoms with Crippen LogP contribution in [0.15, 0.2) is 24.3 Å². The number of nitrogens with two attached hydrogens (primary N) is 1. The van der Waals surface area contributed by atoms with Crippen molar-refractivity contribution in [3.63, 3.8) is 0 Å². The van der Waals surface area contributed by atoms with Gasteiger partial charge in [0.05, 0.1) is 16.2 Å². The number of halogens is 1. The molecule has 0 bridgehead atoms. The summed E-state index contributed by atoms with van der Waals surface area (Å²) in [6, 6.07) is 6.34. The van der Waals surface area contributed by atoms with Gasteiger partial charge in [0.25, 0.3) is 5.91 Å². The molecule has 1 aromatic heterocycles. The number of aromatic nitrogens is 1. The lowest BCUT2D eigenvalue weighted by Gasteiger charge is -2.31. The molecule has 0 aliphatic rings. The monoisotopic (exact) mass is 349 g/mol. The van der Waals surface area contributed by atoms with E-state index in [0.717, 1.165) is 23.4 Å². The first-order valence-corrected chi connectivity index (χ1v) is 8.98. The number of nitrogens with zero attached hydrogens (tertiary/aromatic N) is 1. The molecule has 0 radical (unpaired) electrons. The van der Waals surface area contributed by atoms with E-state index in [1.807, 2.05) is 20.8 Å². The highest BCUT2D eigenvalue weighted by molar-refractivity contribution is 7.13. The second-order valence-corrected chi connectivity index (χ2v) is 7.05. The highest BCUT2D eigenvalue weighted by Crippen LogP contribution is 2.23. The Morgan fingerprint density at radius 1 is 1.29 bits per heavy atom. The van der Waals surface area contributed by atoms with Crippen molar-refractivity contribution in [3.05, 3.63) is 51.2 Å². The minimum absolute atomic E-state index is 0.121. The van der Waals surface area contributed by atoms with E-state index in [-0.39, 0.29) is 17.3 Å². The van der Waals surface area contributed by atoms with Gasteiger partial charge in [-0.1, -0.05) is 26.0 Å². The Bertz CT molecular complexity index is 685. The van der Waals surface area contributed by atoms with Crippen LogP contribution in [0, 0.1) is 12.7 Å². The van der Waals surface area contributed by atoms with Gasteiger partial charge in [-0.2, -0.15) is 0 Å². The molecule has 0 aliphatic heterocycles. The van der Waals surface area contributed by atoms with Gasteiger partial charge in [0.2, 0.25) is 0 Å². The van der Waals surface area contributed by atoms with Crippen molar-refractivity contribution in [2.75, 3.05) is 6.54 Å². The van der Waals surface area contributed by atoms with Crippen LogP contribution < -0.4 is 11.1 Å². The zero-order valence-corrected chi connectivity index (χ0v) is 15.2. The standard InChI is InChI=1S/C18H24FN3OS/c1-4-18(5-2,11-20)22-17(23)16-12(3)21-15(24-16)10-13-6-8-14(19)9-7-13/h6-9H,4-5,10-11,20H2,1-3H3,(H,22,23). The molecule has 0 unspecified atom stereocenters. The minimum Gasteiger partial charge on any atom is -0.345 e. The molecule has 130 valence electrons. The molecule has 6 heteroatoms. The van der Waals surface area contributed by atoms with Crippen LogP contribution in [0.1, 0.15) is 52.6 Å². The normalized spacial score (nSPS) is 11.5. The first-order valence-electron chi connectivity index (χ1n) is 8.16. The predicted molar refractivity (Wildman–Crippen MR) is 95.9 cm³/mol. The fraction of sp³-hybridized carbons (Fsp3) is 0.444. The van der Waals surface area contributed by atoms with Crippen molar-refractivity contribution in [1.29, 1.82) is 0 Å². The van der Waals surface area contributed by atoms with Crippen molar-refractivity contribution >= 4 is 17.2 Å². The molecule has 1 aromatic carbocycles. The number of amides is 1. The molecule has 0 spiro atoms. The van der Waals surface area contributed by atoms with Gasteiger partial charge in [-0.25, -0.2) is 9.37 Å². The summed E-state index contributed by atoms with van der Waals surface area (Å²) in [4.78, 5) is 17.7. The van der Waals surface area contributed by atoms with Crippen LogP contribution in [-0.4, -0.2) is 23.0 Å². The molecule has 1 amide bonds. The average molecular weight is 349 g/mol. The zero-order valence-electron chi connectivity index (χ0n) is 14.4. The van der Waals surface area contributed by atoms with Crippen LogP contribution in [-0.2, 0) is 6.42 Å². The fourth-order valence-electron chi connectivity index (χ4n) is 2.58. The third-order valence-electron chi connectivity index (χ3n) is 4.44. The molecule has 3 N–H and O–H groups in total. The Kier molecular flexibility index (Phi) is 6.07. The largest absolute Gasteiger partial charge is 0.345 e. The van der Waals surface area contributed by atoms with Crippen LogP contribution in [0.2, 0.25) is 0 Å². The summed E-state index contributed by atoms with van der Waals surface area (Å²) < 4.78 is 13.0. The van der Waals surface area contributed by atoms with Gasteiger partial charge in [0, 0.05) is 13.0 Å². The van der Waals surface area contributed by atoms with Gasteiger partial charge in [0.1, 0.15) is 10.7 Å². The number of carbonyl (C=O) groups is 1. The number of aryl methyl sites for hydroxylation is 1. The first-order chi connectivity index (χ1) is 11.4. The maximum Gasteiger partial charge on any atom is 0.263 e. The van der Waals surface area contributed by atoms with Gasteiger partial charge >= 0.3 is 0 Å². The van der Waals surface area contributed by atoms with Gasteiger partial charge in [-0.15, -0.1) is 11.3 Å². The first kappa shape index (κ1) is 18.5. The van der Waals surface area contributed by atoms with Crippen LogP contribution >= 0.6 is 11.3 Å². The van der Waals surface area contributed by atoms with E-state index < -0.39 is 0 Å². The van der Waals surface area contributed by atoms with E-state index in [1.54, 1.807) is 12.1 Å². The maximum atomic E-state index is 13.0. The highest BCUT2D eigenvalue weighted by Gasteiger charge is 2.28. The Hall–Kier alpha value is -1.79. The molecule has 0 saturated heterocycles. The van der Waals surface area contributed by atoms with Crippen LogP contribution in [0.3, 0.4) is 0 Å². The molecule has 24 heavy (non-hydrogen) atoms. The van der Waals surface area contributed by atoms with Gasteiger partial charge in [-0.05, 0) is 37.5 Å². The SMILES string of the molecule is CCC(CC)(CN)NC(=O)c1sc(Cc2ccc(F)cc2)nc1C. The lowest BCUT2D eigenvalue weighted by molar-refractivity contribution is 0.0898. The lowest BCUT2D eigenvalue weighted by Crippen LogP contribution is -2.52. The van der Waals surface area contributed by atoms with Gasteiger partial charge in [-0.3, -0.25) is 4.79 Å². The summed E-state index contributed by atoms with van der Waals surface area (Å²) in [5.41, 5.74) is 7.17. The number of carbonyl (C=O) groups excluding carboxylic acids is 1. The summed E-state index contributed by atoms with van der Waals surface area (Å²) >= 11 is 1.38. The summed E-state index contributed by atoms with van der Waals surface area (Å²) in [5.74, 6) is -0.379. The van der Waals surface area contributed by atoms with Crippen LogP contribution in [0.4, 0.5) is 4.39 Å². The Morgan fingerprint density at radius 2 is 1.92 bits per heavy atom. The predicted octanol–water partition coefficient (Wildman–Crippen LogP) is 3.43. The van der Waals surface area contributed by atoms with Crippen molar-refractivity contribution < 1.29 is 9.18 Å². The molecule has 1 heterocycles. The summed E-state index contributed by atoms with van der Waals surface area (Å²) in [6.45, 7) is 6.29. The second-order valence-electron chi connectivity index (χ2n) is 5.97. The molecular weight excluding hydrogens is 325 g/mol. The van der Waals surface area contributed by atoms with Crippen molar-refractivity contribution in [1.82, 2.24) is 10.3 Å². The molecule has 4 nitrogen and oxygen atoms in total. The number of thiazole rings is 1. The van der Waals surface area contributed by atoms with E-state index in [9.17, 15) is 9.18 Å². The highest BCUT2D eigenvalue weighted by atomic mass is 32.1. The Balaban J connectivity index is 2.15. The molecule has 2 aromatic rings. The van der Waals surface area contributed by atoms with Crippen molar-refractivity contribution in [2.45, 2.75) is 45.6 Å². The number of benzene rings is 1. The molecule has 0 aliphatic carbocycles. The van der Waals surface area contributed by atoms with E-state index in [4.69, 9.17) is 5.73 Å².